The van der Waals surface area contributed by atoms with Gasteiger partial charge in [-0.25, -0.2) is 0 Å². The van der Waals surface area contributed by atoms with E-state index in [0.29, 0.717) is 14.2 Å². The molecule has 1 unspecified atom stereocenters. The van der Waals surface area contributed by atoms with Crippen LogP contribution < -0.4 is 0 Å². The second kappa shape index (κ2) is 7.03. The summed E-state index contributed by atoms with van der Waals surface area (Å²) in [6.45, 7) is 7.30. The standard InChI is InChI=1S/C15H19O2P/c1-4-14(17)15(10-11(2)16)18-12(3)13-8-6-5-7-9-13/h4-10,12,16-18H,2H2,1,3H3/b14-4+,15-10+/t12-/m1/s1. The van der Waals surface area contributed by atoms with Gasteiger partial charge in [-0.2, -0.15) is 0 Å². The summed E-state index contributed by atoms with van der Waals surface area (Å²) >= 11 is 0. The highest BCUT2D eigenvalue weighted by Crippen LogP contribution is 2.43. The van der Waals surface area contributed by atoms with Gasteiger partial charge in [-0.1, -0.05) is 52.4 Å². The van der Waals surface area contributed by atoms with Crippen LogP contribution in [0.5, 0.6) is 0 Å². The van der Waals surface area contributed by atoms with Gasteiger partial charge in [0.2, 0.25) is 0 Å². The van der Waals surface area contributed by atoms with Crippen LogP contribution in [-0.2, 0) is 0 Å². The van der Waals surface area contributed by atoms with Crippen LogP contribution in [0, 0.1) is 0 Å². The Kier molecular flexibility index (Phi) is 5.67. The van der Waals surface area contributed by atoms with Crippen molar-refractivity contribution in [2.75, 3.05) is 0 Å². The minimum atomic E-state index is -0.0360. The molecule has 1 rings (SSSR count). The third-order valence-corrected chi connectivity index (χ3v) is 4.01. The van der Waals surface area contributed by atoms with E-state index in [9.17, 15) is 10.2 Å². The molecule has 0 aliphatic carbocycles. The van der Waals surface area contributed by atoms with E-state index in [1.165, 1.54) is 11.6 Å². The van der Waals surface area contributed by atoms with E-state index in [1.54, 1.807) is 13.0 Å². The predicted octanol–water partition coefficient (Wildman–Crippen LogP) is 4.84. The Bertz CT molecular complexity index is 461. The van der Waals surface area contributed by atoms with Crippen molar-refractivity contribution >= 4 is 8.58 Å². The Morgan fingerprint density at radius 1 is 1.28 bits per heavy atom. The molecule has 0 saturated heterocycles. The molecule has 3 heteroatoms. The zero-order chi connectivity index (χ0) is 13.5. The van der Waals surface area contributed by atoms with Gasteiger partial charge in [0.1, 0.15) is 11.5 Å². The first-order valence-corrected chi connectivity index (χ1v) is 6.89. The first-order chi connectivity index (χ1) is 8.54. The first-order valence-electron chi connectivity index (χ1n) is 5.81. The molecule has 0 fully saturated rings. The molecule has 1 aromatic rings. The molecule has 18 heavy (non-hydrogen) atoms. The van der Waals surface area contributed by atoms with E-state index in [1.807, 2.05) is 18.2 Å². The monoisotopic (exact) mass is 262 g/mol. The van der Waals surface area contributed by atoms with Crippen molar-refractivity contribution in [1.82, 2.24) is 0 Å². The number of benzene rings is 1. The summed E-state index contributed by atoms with van der Waals surface area (Å²) < 4.78 is 0. The van der Waals surface area contributed by atoms with Crippen molar-refractivity contribution < 1.29 is 10.2 Å². The summed E-state index contributed by atoms with van der Waals surface area (Å²) in [7, 11) is 0.376. The van der Waals surface area contributed by atoms with Crippen LogP contribution in [0.25, 0.3) is 0 Å². The van der Waals surface area contributed by atoms with Crippen LogP contribution in [0.1, 0.15) is 25.1 Å². The maximum Gasteiger partial charge on any atom is 0.118 e. The van der Waals surface area contributed by atoms with Crippen molar-refractivity contribution in [2.24, 2.45) is 0 Å². The molecule has 2 N–H and O–H groups in total. The lowest BCUT2D eigenvalue weighted by molar-refractivity contribution is 0.420. The highest BCUT2D eigenvalue weighted by molar-refractivity contribution is 7.43. The van der Waals surface area contributed by atoms with Gasteiger partial charge in [0, 0.05) is 11.0 Å². The highest BCUT2D eigenvalue weighted by atomic mass is 31.1. The fraction of sp³-hybridized carbons (Fsp3) is 0.200. The topological polar surface area (TPSA) is 40.5 Å². The molecular weight excluding hydrogens is 243 g/mol. The maximum atomic E-state index is 9.81. The number of rotatable bonds is 5. The van der Waals surface area contributed by atoms with E-state index in [0.717, 1.165) is 5.31 Å². The molecular formula is C15H19O2P. The number of aliphatic hydroxyl groups is 2. The molecule has 0 radical (unpaired) electrons. The van der Waals surface area contributed by atoms with Gasteiger partial charge in [0.15, 0.2) is 0 Å². The fourth-order valence-electron chi connectivity index (χ4n) is 1.57. The lowest BCUT2D eigenvalue weighted by Gasteiger charge is -2.14. The molecule has 2 nitrogen and oxygen atoms in total. The molecule has 2 atom stereocenters. The third-order valence-electron chi connectivity index (χ3n) is 2.53. The lowest BCUT2D eigenvalue weighted by Crippen LogP contribution is -1.90. The van der Waals surface area contributed by atoms with Gasteiger partial charge in [0.25, 0.3) is 0 Å². The highest BCUT2D eigenvalue weighted by Gasteiger charge is 2.11. The maximum absolute atomic E-state index is 9.81. The molecule has 0 aliphatic rings. The molecule has 0 amide bonds. The Morgan fingerprint density at radius 2 is 1.89 bits per heavy atom. The number of hydrogen-bond donors (Lipinski definition) is 2. The fourth-order valence-corrected chi connectivity index (χ4v) is 2.94. The molecule has 0 saturated carbocycles. The number of hydrogen-bond acceptors (Lipinski definition) is 2. The van der Waals surface area contributed by atoms with Gasteiger partial charge in [-0.3, -0.25) is 0 Å². The van der Waals surface area contributed by atoms with Crippen LogP contribution >= 0.6 is 8.58 Å². The van der Waals surface area contributed by atoms with Gasteiger partial charge >= 0.3 is 0 Å². The first kappa shape index (κ1) is 14.5. The van der Waals surface area contributed by atoms with E-state index < -0.39 is 0 Å². The van der Waals surface area contributed by atoms with E-state index in [4.69, 9.17) is 0 Å². The predicted molar refractivity (Wildman–Crippen MR) is 79.4 cm³/mol. The van der Waals surface area contributed by atoms with E-state index in [2.05, 4.69) is 25.6 Å². The number of aliphatic hydroxyl groups excluding tert-OH is 2. The Hall–Kier alpha value is -1.53. The molecule has 1 aromatic carbocycles. The van der Waals surface area contributed by atoms with Gasteiger partial charge in [-0.15, -0.1) is 0 Å². The summed E-state index contributed by atoms with van der Waals surface area (Å²) in [5.74, 6) is 0.164. The summed E-state index contributed by atoms with van der Waals surface area (Å²) in [6, 6.07) is 10.1. The van der Waals surface area contributed by atoms with Crippen LogP contribution in [-0.4, -0.2) is 10.2 Å². The smallest absolute Gasteiger partial charge is 0.118 e. The average molecular weight is 262 g/mol. The molecule has 96 valence electrons. The van der Waals surface area contributed by atoms with Gasteiger partial charge in [-0.05, 0) is 24.6 Å². The zero-order valence-electron chi connectivity index (χ0n) is 10.7. The quantitative estimate of drug-likeness (QED) is 0.452. The largest absolute Gasteiger partial charge is 0.509 e. The summed E-state index contributed by atoms with van der Waals surface area (Å²) in [5, 5.41) is 19.8. The molecule has 0 spiro atoms. The van der Waals surface area contributed by atoms with Crippen molar-refractivity contribution in [3.8, 4) is 0 Å². The normalized spacial score (nSPS) is 15.0. The summed E-state index contributed by atoms with van der Waals surface area (Å²) in [5.41, 5.74) is 1.51. The Labute approximate surface area is 110 Å². The van der Waals surface area contributed by atoms with Crippen molar-refractivity contribution in [2.45, 2.75) is 19.5 Å². The summed E-state index contributed by atoms with van der Waals surface area (Å²) in [4.78, 5) is 0. The molecule has 0 bridgehead atoms. The zero-order valence-corrected chi connectivity index (χ0v) is 11.7. The SMILES string of the molecule is C=C(O)/C=C(P[C@H](C)c1ccccc1)\C(O)=C/C. The van der Waals surface area contributed by atoms with Crippen molar-refractivity contribution in [3.63, 3.8) is 0 Å². The van der Waals surface area contributed by atoms with Crippen LogP contribution in [0.15, 0.2) is 65.9 Å². The third kappa shape index (κ3) is 4.38. The second-order valence-corrected chi connectivity index (χ2v) is 5.69. The summed E-state index contributed by atoms with van der Waals surface area (Å²) in [6.07, 6.45) is 3.15. The van der Waals surface area contributed by atoms with Gasteiger partial charge < -0.3 is 10.2 Å². The van der Waals surface area contributed by atoms with Gasteiger partial charge in [0.05, 0.1) is 0 Å². The molecule has 0 heterocycles. The minimum Gasteiger partial charge on any atom is -0.509 e. The lowest BCUT2D eigenvalue weighted by atomic mass is 10.2. The van der Waals surface area contributed by atoms with Crippen LogP contribution in [0.2, 0.25) is 0 Å². The van der Waals surface area contributed by atoms with E-state index in [-0.39, 0.29) is 11.5 Å². The van der Waals surface area contributed by atoms with Crippen LogP contribution in [0.3, 0.4) is 0 Å². The minimum absolute atomic E-state index is 0.0360. The molecule has 0 aliphatic heterocycles. The second-order valence-electron chi connectivity index (χ2n) is 4.00. The van der Waals surface area contributed by atoms with Crippen molar-refractivity contribution in [1.29, 1.82) is 0 Å². The molecule has 0 aromatic heterocycles. The number of allylic oxidation sites excluding steroid dienone is 3. The Balaban J connectivity index is 2.89. The average Bonchev–Trinajstić information content (AvgIpc) is 2.37. The Morgan fingerprint density at radius 3 is 2.39 bits per heavy atom. The van der Waals surface area contributed by atoms with E-state index >= 15 is 0 Å². The van der Waals surface area contributed by atoms with Crippen LogP contribution in [0.4, 0.5) is 0 Å². The van der Waals surface area contributed by atoms with Crippen molar-refractivity contribution in [3.05, 3.63) is 71.5 Å².